The van der Waals surface area contributed by atoms with E-state index in [4.69, 9.17) is 9.84 Å². The smallest absolute Gasteiger partial charge is 0.334 e. The molecule has 1 aromatic heterocycles. The van der Waals surface area contributed by atoms with Crippen LogP contribution in [0.4, 0.5) is 4.79 Å². The fourth-order valence-electron chi connectivity index (χ4n) is 1.86. The highest BCUT2D eigenvalue weighted by molar-refractivity contribution is 7.12. The molecule has 0 aliphatic heterocycles. The molecule has 0 aliphatic rings. The third-order valence-electron chi connectivity index (χ3n) is 2.90. The lowest BCUT2D eigenvalue weighted by Crippen LogP contribution is -2.43. The zero-order chi connectivity index (χ0) is 15.3. The molecular formula is C13H20N2O4S. The van der Waals surface area contributed by atoms with Crippen molar-refractivity contribution in [2.45, 2.75) is 32.9 Å². The lowest BCUT2D eigenvalue weighted by molar-refractivity contribution is -0.147. The van der Waals surface area contributed by atoms with Crippen LogP contribution in [0.15, 0.2) is 6.07 Å². The first-order valence-corrected chi connectivity index (χ1v) is 7.03. The van der Waals surface area contributed by atoms with Gasteiger partial charge in [-0.2, -0.15) is 0 Å². The molecule has 0 bridgehead atoms. The first-order chi connectivity index (χ1) is 9.35. The van der Waals surface area contributed by atoms with Crippen LogP contribution in [-0.4, -0.2) is 36.9 Å². The Morgan fingerprint density at radius 1 is 1.45 bits per heavy atom. The highest BCUT2D eigenvalue weighted by Crippen LogP contribution is 2.25. The van der Waals surface area contributed by atoms with Gasteiger partial charge in [-0.25, -0.2) is 9.59 Å². The number of ether oxygens (including phenoxy) is 1. The number of carbonyl (C=O) groups is 2. The third-order valence-corrected chi connectivity index (χ3v) is 3.88. The fraction of sp³-hybridized carbons (Fsp3) is 0.538. The lowest BCUT2D eigenvalue weighted by atomic mass is 10.1. The summed E-state index contributed by atoms with van der Waals surface area (Å²) in [4.78, 5) is 24.8. The second-order valence-electron chi connectivity index (χ2n) is 4.51. The minimum atomic E-state index is -1.11. The molecule has 0 spiro atoms. The molecule has 0 saturated carbocycles. The van der Waals surface area contributed by atoms with Crippen molar-refractivity contribution in [3.63, 3.8) is 0 Å². The average Bonchev–Trinajstić information content (AvgIpc) is 2.68. The number of thiophene rings is 1. The molecule has 2 unspecified atom stereocenters. The van der Waals surface area contributed by atoms with Gasteiger partial charge in [0.15, 0.2) is 6.10 Å². The minimum Gasteiger partial charge on any atom is -0.479 e. The number of methoxy groups -OCH3 is 1. The van der Waals surface area contributed by atoms with Gasteiger partial charge in [0, 0.05) is 16.9 Å². The largest absolute Gasteiger partial charge is 0.479 e. The maximum atomic E-state index is 11.7. The third kappa shape index (κ3) is 4.50. The molecule has 20 heavy (non-hydrogen) atoms. The molecule has 112 valence electrons. The predicted octanol–water partition coefficient (Wildman–Crippen LogP) is 1.82. The topological polar surface area (TPSA) is 87.7 Å². The summed E-state index contributed by atoms with van der Waals surface area (Å²) in [5.41, 5.74) is 1.07. The van der Waals surface area contributed by atoms with Crippen molar-refractivity contribution in [2.24, 2.45) is 0 Å². The van der Waals surface area contributed by atoms with E-state index in [1.807, 2.05) is 26.8 Å². The maximum absolute atomic E-state index is 11.7. The number of hydrogen-bond acceptors (Lipinski definition) is 4. The van der Waals surface area contributed by atoms with E-state index >= 15 is 0 Å². The highest BCUT2D eigenvalue weighted by atomic mass is 32.1. The first-order valence-electron chi connectivity index (χ1n) is 6.22. The highest BCUT2D eigenvalue weighted by Gasteiger charge is 2.18. The van der Waals surface area contributed by atoms with E-state index in [-0.39, 0.29) is 12.6 Å². The van der Waals surface area contributed by atoms with E-state index in [1.54, 1.807) is 11.3 Å². The summed E-state index contributed by atoms with van der Waals surface area (Å²) in [5.74, 6) is -1.11. The van der Waals surface area contributed by atoms with Crippen LogP contribution >= 0.6 is 11.3 Å². The molecule has 2 amide bonds. The second kappa shape index (κ2) is 7.25. The van der Waals surface area contributed by atoms with E-state index in [2.05, 4.69) is 10.6 Å². The average molecular weight is 300 g/mol. The van der Waals surface area contributed by atoms with E-state index in [1.165, 1.54) is 12.0 Å². The van der Waals surface area contributed by atoms with Crippen LogP contribution in [0.2, 0.25) is 0 Å². The Bertz CT molecular complexity index is 487. The molecule has 0 aromatic carbocycles. The Balaban J connectivity index is 2.50. The monoisotopic (exact) mass is 300 g/mol. The fourth-order valence-corrected chi connectivity index (χ4v) is 2.89. The van der Waals surface area contributed by atoms with Crippen LogP contribution in [0, 0.1) is 13.8 Å². The van der Waals surface area contributed by atoms with Gasteiger partial charge in [-0.3, -0.25) is 0 Å². The first kappa shape index (κ1) is 16.5. The summed E-state index contributed by atoms with van der Waals surface area (Å²) < 4.78 is 4.73. The minimum absolute atomic E-state index is 0.0773. The molecule has 1 rings (SSSR count). The van der Waals surface area contributed by atoms with Gasteiger partial charge in [-0.1, -0.05) is 0 Å². The quantitative estimate of drug-likeness (QED) is 0.748. The number of aryl methyl sites for hydroxylation is 2. The summed E-state index contributed by atoms with van der Waals surface area (Å²) in [6.45, 7) is 5.84. The zero-order valence-corrected chi connectivity index (χ0v) is 12.8. The molecule has 1 heterocycles. The van der Waals surface area contributed by atoms with E-state index in [0.717, 1.165) is 10.4 Å². The van der Waals surface area contributed by atoms with Crippen LogP contribution in [-0.2, 0) is 9.53 Å². The van der Waals surface area contributed by atoms with Gasteiger partial charge in [-0.05, 0) is 32.4 Å². The number of aliphatic carboxylic acids is 1. The Morgan fingerprint density at radius 3 is 2.55 bits per heavy atom. The van der Waals surface area contributed by atoms with E-state index < -0.39 is 18.1 Å². The van der Waals surface area contributed by atoms with Gasteiger partial charge in [0.05, 0.1) is 12.6 Å². The van der Waals surface area contributed by atoms with Crippen LogP contribution in [0.5, 0.6) is 0 Å². The number of nitrogens with one attached hydrogen (secondary N) is 2. The molecule has 3 N–H and O–H groups in total. The van der Waals surface area contributed by atoms with Gasteiger partial charge in [0.25, 0.3) is 0 Å². The van der Waals surface area contributed by atoms with Gasteiger partial charge >= 0.3 is 12.0 Å². The normalized spacial score (nSPS) is 13.6. The maximum Gasteiger partial charge on any atom is 0.334 e. The number of amides is 2. The van der Waals surface area contributed by atoms with Crippen LogP contribution in [0.3, 0.4) is 0 Å². The van der Waals surface area contributed by atoms with Crippen LogP contribution < -0.4 is 10.6 Å². The molecule has 0 radical (unpaired) electrons. The van der Waals surface area contributed by atoms with Crippen LogP contribution in [0.25, 0.3) is 0 Å². The predicted molar refractivity (Wildman–Crippen MR) is 77.2 cm³/mol. The second-order valence-corrected chi connectivity index (χ2v) is 5.97. The van der Waals surface area contributed by atoms with E-state index in [9.17, 15) is 9.59 Å². The summed E-state index contributed by atoms with van der Waals surface area (Å²) in [6.07, 6.45) is -1.04. The van der Waals surface area contributed by atoms with Crippen molar-refractivity contribution in [3.05, 3.63) is 21.4 Å². The van der Waals surface area contributed by atoms with Crippen molar-refractivity contribution < 1.29 is 19.4 Å². The molecule has 0 fully saturated rings. The standard InChI is InChI=1S/C13H20N2O4S/c1-7-5-10(9(3)20-7)8(2)15-13(18)14-6-11(19-4)12(16)17/h5,8,11H,6H2,1-4H3,(H,16,17)(H2,14,15,18). The summed E-state index contributed by atoms with van der Waals surface area (Å²) in [6, 6.07) is 1.50. The number of rotatable bonds is 6. The molecule has 0 aliphatic carbocycles. The van der Waals surface area contributed by atoms with Gasteiger partial charge in [0.2, 0.25) is 0 Å². The van der Waals surface area contributed by atoms with Gasteiger partial charge in [0.1, 0.15) is 0 Å². The summed E-state index contributed by atoms with van der Waals surface area (Å²) in [5, 5.41) is 14.1. The molecule has 6 nitrogen and oxygen atoms in total. The van der Waals surface area contributed by atoms with Crippen molar-refractivity contribution in [1.29, 1.82) is 0 Å². The Morgan fingerprint density at radius 2 is 2.10 bits per heavy atom. The van der Waals surface area contributed by atoms with Gasteiger partial charge < -0.3 is 20.5 Å². The number of urea groups is 1. The van der Waals surface area contributed by atoms with E-state index in [0.29, 0.717) is 0 Å². The molecule has 7 heteroatoms. The number of carbonyl (C=O) groups excluding carboxylic acids is 1. The number of carboxylic acids is 1. The van der Waals surface area contributed by atoms with Crippen LogP contribution in [0.1, 0.15) is 28.3 Å². The lowest BCUT2D eigenvalue weighted by Gasteiger charge is -2.16. The molecule has 0 saturated heterocycles. The number of carboxylic acid groups (broad SMARTS) is 1. The number of hydrogen-bond donors (Lipinski definition) is 3. The van der Waals surface area contributed by atoms with Crippen molar-refractivity contribution >= 4 is 23.3 Å². The molecule has 1 aromatic rings. The van der Waals surface area contributed by atoms with Crippen molar-refractivity contribution in [1.82, 2.24) is 10.6 Å². The Kier molecular flexibility index (Phi) is 5.97. The van der Waals surface area contributed by atoms with Crippen molar-refractivity contribution in [2.75, 3.05) is 13.7 Å². The molecule has 2 atom stereocenters. The summed E-state index contributed by atoms with van der Waals surface area (Å²) >= 11 is 1.68. The molecular weight excluding hydrogens is 280 g/mol. The SMILES string of the molecule is COC(CNC(=O)NC(C)c1cc(C)sc1C)C(=O)O. The Labute approximate surface area is 122 Å². The Hall–Kier alpha value is -1.60. The summed E-state index contributed by atoms with van der Waals surface area (Å²) in [7, 11) is 1.29. The van der Waals surface area contributed by atoms with Gasteiger partial charge in [-0.15, -0.1) is 11.3 Å². The zero-order valence-electron chi connectivity index (χ0n) is 12.0. The van der Waals surface area contributed by atoms with Crippen molar-refractivity contribution in [3.8, 4) is 0 Å².